The van der Waals surface area contributed by atoms with E-state index in [2.05, 4.69) is 10.6 Å². The standard InChI is InChI=1S/C13H16N2O3/c1-8(16)10-4-2-3-5-11(10)15-13(18)9-6-12(17)14-7-9/h2-5,8-9,16H,6-7H2,1H3,(H,14,17)(H,15,18). The van der Waals surface area contributed by atoms with Crippen LogP contribution in [-0.2, 0) is 9.59 Å². The molecule has 1 heterocycles. The Kier molecular flexibility index (Phi) is 3.62. The Hall–Kier alpha value is -1.88. The van der Waals surface area contributed by atoms with Crippen LogP contribution in [0, 0.1) is 5.92 Å². The van der Waals surface area contributed by atoms with Crippen LogP contribution in [-0.4, -0.2) is 23.5 Å². The lowest BCUT2D eigenvalue weighted by atomic mass is 10.1. The van der Waals surface area contributed by atoms with Crippen LogP contribution >= 0.6 is 0 Å². The fourth-order valence-corrected chi connectivity index (χ4v) is 2.00. The molecular weight excluding hydrogens is 232 g/mol. The summed E-state index contributed by atoms with van der Waals surface area (Å²) in [5, 5.41) is 15.0. The predicted molar refractivity (Wildman–Crippen MR) is 66.8 cm³/mol. The van der Waals surface area contributed by atoms with Gasteiger partial charge in [-0.3, -0.25) is 9.59 Å². The number of nitrogens with one attached hydrogen (secondary N) is 2. The first-order valence-corrected chi connectivity index (χ1v) is 5.92. The summed E-state index contributed by atoms with van der Waals surface area (Å²) in [5.41, 5.74) is 1.26. The second-order valence-electron chi connectivity index (χ2n) is 4.46. The molecule has 2 atom stereocenters. The minimum absolute atomic E-state index is 0.0982. The van der Waals surface area contributed by atoms with E-state index < -0.39 is 6.10 Å². The number of anilines is 1. The summed E-state index contributed by atoms with van der Waals surface area (Å²) in [7, 11) is 0. The molecule has 0 aliphatic carbocycles. The van der Waals surface area contributed by atoms with Crippen LogP contribution in [0.3, 0.4) is 0 Å². The highest BCUT2D eigenvalue weighted by atomic mass is 16.3. The molecule has 5 nitrogen and oxygen atoms in total. The van der Waals surface area contributed by atoms with Gasteiger partial charge in [-0.1, -0.05) is 18.2 Å². The van der Waals surface area contributed by atoms with Gasteiger partial charge in [0.25, 0.3) is 0 Å². The molecule has 2 rings (SSSR count). The van der Waals surface area contributed by atoms with Crippen LogP contribution in [0.4, 0.5) is 5.69 Å². The number of hydrogen-bond acceptors (Lipinski definition) is 3. The van der Waals surface area contributed by atoms with Gasteiger partial charge in [-0.25, -0.2) is 0 Å². The van der Waals surface area contributed by atoms with Gasteiger partial charge in [0.2, 0.25) is 11.8 Å². The molecule has 3 N–H and O–H groups in total. The molecule has 1 aliphatic rings. The Bertz CT molecular complexity index is 471. The van der Waals surface area contributed by atoms with Crippen molar-refractivity contribution in [2.45, 2.75) is 19.4 Å². The van der Waals surface area contributed by atoms with Crippen LogP contribution in [0.15, 0.2) is 24.3 Å². The van der Waals surface area contributed by atoms with E-state index in [1.165, 1.54) is 0 Å². The summed E-state index contributed by atoms with van der Waals surface area (Å²) in [4.78, 5) is 23.0. The molecule has 0 saturated carbocycles. The molecule has 1 aromatic carbocycles. The maximum atomic E-state index is 12.0. The molecule has 96 valence electrons. The van der Waals surface area contributed by atoms with Crippen LogP contribution in [0.1, 0.15) is 25.0 Å². The van der Waals surface area contributed by atoms with Gasteiger partial charge in [0, 0.05) is 24.2 Å². The number of benzene rings is 1. The molecular formula is C13H16N2O3. The summed E-state index contributed by atoms with van der Waals surface area (Å²) in [5.74, 6) is -0.625. The molecule has 2 amide bonds. The second-order valence-corrected chi connectivity index (χ2v) is 4.46. The maximum Gasteiger partial charge on any atom is 0.229 e. The lowest BCUT2D eigenvalue weighted by Crippen LogP contribution is -2.25. The topological polar surface area (TPSA) is 78.4 Å². The number of aliphatic hydroxyl groups excluding tert-OH is 1. The smallest absolute Gasteiger partial charge is 0.229 e. The van der Waals surface area contributed by atoms with Crippen molar-refractivity contribution in [3.63, 3.8) is 0 Å². The lowest BCUT2D eigenvalue weighted by molar-refractivity contribution is -0.123. The van der Waals surface area contributed by atoms with Gasteiger partial charge in [-0.15, -0.1) is 0 Å². The normalized spacial score (nSPS) is 20.3. The molecule has 0 aromatic heterocycles. The zero-order valence-corrected chi connectivity index (χ0v) is 10.1. The zero-order chi connectivity index (χ0) is 13.1. The quantitative estimate of drug-likeness (QED) is 0.741. The van der Waals surface area contributed by atoms with Gasteiger partial charge in [0.1, 0.15) is 0 Å². The van der Waals surface area contributed by atoms with Gasteiger partial charge in [-0.05, 0) is 13.0 Å². The number of aliphatic hydroxyl groups is 1. The van der Waals surface area contributed by atoms with Crippen molar-refractivity contribution in [2.24, 2.45) is 5.92 Å². The van der Waals surface area contributed by atoms with Crippen molar-refractivity contribution in [1.82, 2.24) is 5.32 Å². The van der Waals surface area contributed by atoms with E-state index in [1.807, 2.05) is 0 Å². The monoisotopic (exact) mass is 248 g/mol. The van der Waals surface area contributed by atoms with E-state index in [1.54, 1.807) is 31.2 Å². The van der Waals surface area contributed by atoms with Crippen molar-refractivity contribution in [2.75, 3.05) is 11.9 Å². The molecule has 2 unspecified atom stereocenters. The summed E-state index contributed by atoms with van der Waals surface area (Å²) in [6.45, 7) is 2.02. The number of amides is 2. The number of carbonyl (C=O) groups is 2. The Morgan fingerprint density at radius 2 is 2.22 bits per heavy atom. The molecule has 0 bridgehead atoms. The lowest BCUT2D eigenvalue weighted by Gasteiger charge is -2.14. The number of para-hydroxylation sites is 1. The van der Waals surface area contributed by atoms with Crippen molar-refractivity contribution in [3.05, 3.63) is 29.8 Å². The number of hydrogen-bond donors (Lipinski definition) is 3. The fraction of sp³-hybridized carbons (Fsp3) is 0.385. The van der Waals surface area contributed by atoms with E-state index in [9.17, 15) is 14.7 Å². The van der Waals surface area contributed by atoms with Gasteiger partial charge >= 0.3 is 0 Å². The molecule has 1 aliphatic heterocycles. The van der Waals surface area contributed by atoms with E-state index in [4.69, 9.17) is 0 Å². The first kappa shape index (κ1) is 12.6. The summed E-state index contributed by atoms with van der Waals surface area (Å²) < 4.78 is 0. The largest absolute Gasteiger partial charge is 0.389 e. The average Bonchev–Trinajstić information content (AvgIpc) is 2.76. The molecule has 0 radical (unpaired) electrons. The van der Waals surface area contributed by atoms with Crippen LogP contribution in [0.2, 0.25) is 0 Å². The molecule has 1 fully saturated rings. The summed E-state index contributed by atoms with van der Waals surface area (Å²) in [6.07, 6.45) is -0.423. The Morgan fingerprint density at radius 1 is 1.50 bits per heavy atom. The fourth-order valence-electron chi connectivity index (χ4n) is 2.00. The highest BCUT2D eigenvalue weighted by Crippen LogP contribution is 2.23. The highest BCUT2D eigenvalue weighted by molar-refractivity contribution is 5.97. The van der Waals surface area contributed by atoms with Gasteiger partial charge in [0.15, 0.2) is 0 Å². The Labute approximate surface area is 105 Å². The van der Waals surface area contributed by atoms with E-state index in [0.29, 0.717) is 17.8 Å². The van der Waals surface area contributed by atoms with E-state index in [-0.39, 0.29) is 24.2 Å². The summed E-state index contributed by atoms with van der Waals surface area (Å²) in [6, 6.07) is 7.10. The second kappa shape index (κ2) is 5.18. The highest BCUT2D eigenvalue weighted by Gasteiger charge is 2.28. The first-order valence-electron chi connectivity index (χ1n) is 5.92. The average molecular weight is 248 g/mol. The third kappa shape index (κ3) is 2.68. The van der Waals surface area contributed by atoms with Crippen LogP contribution in [0.5, 0.6) is 0 Å². The van der Waals surface area contributed by atoms with E-state index >= 15 is 0 Å². The van der Waals surface area contributed by atoms with Crippen molar-refractivity contribution in [3.8, 4) is 0 Å². The third-order valence-electron chi connectivity index (χ3n) is 3.02. The minimum atomic E-state index is -0.648. The SMILES string of the molecule is CC(O)c1ccccc1NC(=O)C1CNC(=O)C1. The molecule has 18 heavy (non-hydrogen) atoms. The predicted octanol–water partition coefficient (Wildman–Crippen LogP) is 0.815. The number of rotatable bonds is 3. The molecule has 0 spiro atoms. The number of carbonyl (C=O) groups excluding carboxylic acids is 2. The van der Waals surface area contributed by atoms with Gasteiger partial charge in [-0.2, -0.15) is 0 Å². The maximum absolute atomic E-state index is 12.0. The van der Waals surface area contributed by atoms with Crippen LogP contribution in [0.25, 0.3) is 0 Å². The Balaban J connectivity index is 2.09. The molecule has 1 saturated heterocycles. The van der Waals surface area contributed by atoms with Crippen LogP contribution < -0.4 is 10.6 Å². The Morgan fingerprint density at radius 3 is 2.83 bits per heavy atom. The third-order valence-corrected chi connectivity index (χ3v) is 3.02. The van der Waals surface area contributed by atoms with Gasteiger partial charge < -0.3 is 15.7 Å². The van der Waals surface area contributed by atoms with Gasteiger partial charge in [0.05, 0.1) is 12.0 Å². The van der Waals surface area contributed by atoms with Crippen molar-refractivity contribution >= 4 is 17.5 Å². The first-order chi connectivity index (χ1) is 8.58. The van der Waals surface area contributed by atoms with Crippen molar-refractivity contribution in [1.29, 1.82) is 0 Å². The van der Waals surface area contributed by atoms with Crippen molar-refractivity contribution < 1.29 is 14.7 Å². The summed E-state index contributed by atoms with van der Waals surface area (Å²) >= 11 is 0. The molecule has 1 aromatic rings. The van der Waals surface area contributed by atoms with E-state index in [0.717, 1.165) is 0 Å². The minimum Gasteiger partial charge on any atom is -0.389 e. The molecule has 5 heteroatoms. The zero-order valence-electron chi connectivity index (χ0n) is 10.1.